The number of nitrogens with two attached hydrogens (primary N) is 1. The van der Waals surface area contributed by atoms with Crippen molar-refractivity contribution >= 4 is 5.69 Å². The van der Waals surface area contributed by atoms with Crippen LogP contribution in [0.4, 0.5) is 5.69 Å². The molecule has 0 saturated heterocycles. The van der Waals surface area contributed by atoms with E-state index in [9.17, 15) is 0 Å². The monoisotopic (exact) mass is 162 g/mol. The van der Waals surface area contributed by atoms with Crippen LogP contribution in [-0.2, 0) is 5.54 Å². The second-order valence-corrected chi connectivity index (χ2v) is 3.64. The molecule has 0 spiro atoms. The van der Waals surface area contributed by atoms with E-state index in [-0.39, 0.29) is 5.54 Å². The number of anilines is 1. The van der Waals surface area contributed by atoms with Gasteiger partial charge in [0, 0.05) is 17.8 Å². The summed E-state index contributed by atoms with van der Waals surface area (Å²) in [7, 11) is 0. The molecule has 0 bridgehead atoms. The summed E-state index contributed by atoms with van der Waals surface area (Å²) in [4.78, 5) is 0. The van der Waals surface area contributed by atoms with E-state index in [1.54, 1.807) is 0 Å². The first-order valence-electron chi connectivity index (χ1n) is 4.32. The van der Waals surface area contributed by atoms with Gasteiger partial charge < -0.3 is 11.1 Å². The number of para-hydroxylation sites is 1. The number of nitrogens with one attached hydrogen (secondary N) is 1. The van der Waals surface area contributed by atoms with Crippen molar-refractivity contribution in [2.45, 2.75) is 18.9 Å². The molecule has 2 heteroatoms. The van der Waals surface area contributed by atoms with Gasteiger partial charge in [-0.25, -0.2) is 0 Å². The Morgan fingerprint density at radius 2 is 2.17 bits per heavy atom. The van der Waals surface area contributed by atoms with E-state index in [4.69, 9.17) is 5.73 Å². The highest BCUT2D eigenvalue weighted by Gasteiger charge is 2.26. The molecule has 1 heterocycles. The lowest BCUT2D eigenvalue weighted by atomic mass is 9.86. The Bertz CT molecular complexity index is 292. The molecule has 1 unspecified atom stereocenters. The van der Waals surface area contributed by atoms with Crippen molar-refractivity contribution in [2.75, 3.05) is 11.9 Å². The summed E-state index contributed by atoms with van der Waals surface area (Å²) in [6.07, 6.45) is 1.00. The number of benzene rings is 1. The Morgan fingerprint density at radius 1 is 1.42 bits per heavy atom. The second-order valence-electron chi connectivity index (χ2n) is 3.64. The fraction of sp³-hybridized carbons (Fsp3) is 0.400. The summed E-state index contributed by atoms with van der Waals surface area (Å²) in [5, 5.41) is 3.34. The molecule has 1 aromatic rings. The summed E-state index contributed by atoms with van der Waals surface area (Å²) in [6, 6.07) is 8.26. The SMILES string of the molecule is CC1(N)CCNc2ccccc21. The van der Waals surface area contributed by atoms with Crippen LogP contribution in [-0.4, -0.2) is 6.54 Å². The number of rotatable bonds is 0. The smallest absolute Gasteiger partial charge is 0.0418 e. The van der Waals surface area contributed by atoms with Gasteiger partial charge in [0.2, 0.25) is 0 Å². The largest absolute Gasteiger partial charge is 0.385 e. The van der Waals surface area contributed by atoms with Crippen molar-refractivity contribution in [3.63, 3.8) is 0 Å². The Balaban J connectivity index is 2.52. The van der Waals surface area contributed by atoms with E-state index in [1.165, 1.54) is 11.3 Å². The first kappa shape index (κ1) is 7.62. The van der Waals surface area contributed by atoms with E-state index in [0.717, 1.165) is 13.0 Å². The Morgan fingerprint density at radius 3 is 2.92 bits per heavy atom. The molecule has 0 aliphatic carbocycles. The van der Waals surface area contributed by atoms with Gasteiger partial charge in [0.05, 0.1) is 0 Å². The van der Waals surface area contributed by atoms with Crippen LogP contribution in [0.2, 0.25) is 0 Å². The third-order valence-electron chi connectivity index (χ3n) is 2.50. The minimum absolute atomic E-state index is 0.151. The average molecular weight is 162 g/mol. The summed E-state index contributed by atoms with van der Waals surface area (Å²) >= 11 is 0. The van der Waals surface area contributed by atoms with Gasteiger partial charge >= 0.3 is 0 Å². The summed E-state index contributed by atoms with van der Waals surface area (Å²) in [5.41, 5.74) is 8.42. The predicted molar refractivity (Wildman–Crippen MR) is 51.1 cm³/mol. The molecule has 64 valence electrons. The number of fused-ring (bicyclic) bond motifs is 1. The van der Waals surface area contributed by atoms with Crippen LogP contribution in [0, 0.1) is 0 Å². The van der Waals surface area contributed by atoms with Crippen LogP contribution in [0.15, 0.2) is 24.3 Å². The van der Waals surface area contributed by atoms with E-state index >= 15 is 0 Å². The molecule has 0 radical (unpaired) electrons. The predicted octanol–water partition coefficient (Wildman–Crippen LogP) is 1.68. The maximum atomic E-state index is 6.15. The standard InChI is InChI=1S/C10H14N2/c1-10(11)6-7-12-9-5-3-2-4-8(9)10/h2-5,12H,6-7,11H2,1H3. The number of hydrogen-bond donors (Lipinski definition) is 2. The van der Waals surface area contributed by atoms with E-state index in [1.807, 2.05) is 12.1 Å². The molecule has 0 saturated carbocycles. The van der Waals surface area contributed by atoms with Crippen LogP contribution in [0.5, 0.6) is 0 Å². The lowest BCUT2D eigenvalue weighted by Crippen LogP contribution is -2.39. The van der Waals surface area contributed by atoms with Crippen molar-refractivity contribution in [1.82, 2.24) is 0 Å². The molecule has 1 aromatic carbocycles. The second kappa shape index (κ2) is 2.49. The topological polar surface area (TPSA) is 38.0 Å². The van der Waals surface area contributed by atoms with Crippen molar-refractivity contribution < 1.29 is 0 Å². The van der Waals surface area contributed by atoms with Crippen LogP contribution in [0.3, 0.4) is 0 Å². The minimum Gasteiger partial charge on any atom is -0.385 e. The lowest BCUT2D eigenvalue weighted by molar-refractivity contribution is 0.455. The molecular formula is C10H14N2. The highest BCUT2D eigenvalue weighted by molar-refractivity contribution is 5.56. The lowest BCUT2D eigenvalue weighted by Gasteiger charge is -2.32. The average Bonchev–Trinajstić information content (AvgIpc) is 2.04. The third-order valence-corrected chi connectivity index (χ3v) is 2.50. The molecule has 1 aliphatic rings. The molecule has 1 atom stereocenters. The fourth-order valence-electron chi connectivity index (χ4n) is 1.73. The van der Waals surface area contributed by atoms with Crippen LogP contribution in [0.25, 0.3) is 0 Å². The highest BCUT2D eigenvalue weighted by Crippen LogP contribution is 2.31. The molecule has 2 nitrogen and oxygen atoms in total. The zero-order chi connectivity index (χ0) is 8.60. The molecule has 1 aliphatic heterocycles. The van der Waals surface area contributed by atoms with Gasteiger partial charge in [-0.05, 0) is 25.0 Å². The fourth-order valence-corrected chi connectivity index (χ4v) is 1.73. The van der Waals surface area contributed by atoms with Crippen molar-refractivity contribution in [1.29, 1.82) is 0 Å². The van der Waals surface area contributed by atoms with E-state index in [2.05, 4.69) is 24.4 Å². The molecule has 2 rings (SSSR count). The van der Waals surface area contributed by atoms with Crippen molar-refractivity contribution in [3.05, 3.63) is 29.8 Å². The van der Waals surface area contributed by atoms with Gasteiger partial charge in [0.25, 0.3) is 0 Å². The quantitative estimate of drug-likeness (QED) is 0.609. The van der Waals surface area contributed by atoms with E-state index in [0.29, 0.717) is 0 Å². The summed E-state index contributed by atoms with van der Waals surface area (Å²) < 4.78 is 0. The van der Waals surface area contributed by atoms with Crippen molar-refractivity contribution in [2.24, 2.45) is 5.73 Å². The maximum absolute atomic E-state index is 6.15. The van der Waals surface area contributed by atoms with E-state index < -0.39 is 0 Å². The van der Waals surface area contributed by atoms with Crippen LogP contribution in [0.1, 0.15) is 18.9 Å². The first-order chi connectivity index (χ1) is 5.70. The molecule has 12 heavy (non-hydrogen) atoms. The molecule has 3 N–H and O–H groups in total. The zero-order valence-corrected chi connectivity index (χ0v) is 7.30. The van der Waals surface area contributed by atoms with Gasteiger partial charge in [-0.2, -0.15) is 0 Å². The van der Waals surface area contributed by atoms with Crippen LogP contribution >= 0.6 is 0 Å². The highest BCUT2D eigenvalue weighted by atomic mass is 14.9. The van der Waals surface area contributed by atoms with Gasteiger partial charge in [0.1, 0.15) is 0 Å². The van der Waals surface area contributed by atoms with Gasteiger partial charge in [-0.15, -0.1) is 0 Å². The maximum Gasteiger partial charge on any atom is 0.0418 e. The van der Waals surface area contributed by atoms with Crippen LogP contribution < -0.4 is 11.1 Å². The Kier molecular flexibility index (Phi) is 1.58. The molecule has 0 aromatic heterocycles. The molecule has 0 amide bonds. The normalized spacial score (nSPS) is 27.5. The first-order valence-corrected chi connectivity index (χ1v) is 4.32. The molecule has 0 fully saturated rings. The van der Waals surface area contributed by atoms with Gasteiger partial charge in [-0.3, -0.25) is 0 Å². The van der Waals surface area contributed by atoms with Gasteiger partial charge in [-0.1, -0.05) is 18.2 Å². The summed E-state index contributed by atoms with van der Waals surface area (Å²) in [6.45, 7) is 3.07. The minimum atomic E-state index is -0.151. The summed E-state index contributed by atoms with van der Waals surface area (Å²) in [5.74, 6) is 0. The Hall–Kier alpha value is -1.02. The van der Waals surface area contributed by atoms with Crippen molar-refractivity contribution in [3.8, 4) is 0 Å². The van der Waals surface area contributed by atoms with Gasteiger partial charge in [0.15, 0.2) is 0 Å². The molecular weight excluding hydrogens is 148 g/mol. The third kappa shape index (κ3) is 1.08. The Labute approximate surface area is 72.8 Å². The zero-order valence-electron chi connectivity index (χ0n) is 7.30. The number of hydrogen-bond acceptors (Lipinski definition) is 2.